The summed E-state index contributed by atoms with van der Waals surface area (Å²) in [6.45, 7) is 2.29. The Kier molecular flexibility index (Phi) is 7.12. The number of hydrogen-bond acceptors (Lipinski definition) is 3. The average molecular weight is 241 g/mol. The Morgan fingerprint density at radius 3 is 2.50 bits per heavy atom. The van der Waals surface area contributed by atoms with Crippen LogP contribution in [0.4, 0.5) is 13.2 Å². The Hall–Kier alpha value is -0.780. The highest BCUT2D eigenvalue weighted by Gasteiger charge is 2.35. The molecule has 0 heterocycles. The van der Waals surface area contributed by atoms with Crippen LogP contribution in [0.2, 0.25) is 0 Å². The van der Waals surface area contributed by atoms with Gasteiger partial charge < -0.3 is 10.5 Å². The first-order valence-corrected chi connectivity index (χ1v) is 5.35. The lowest BCUT2D eigenvalue weighted by atomic mass is 10.1. The van der Waals surface area contributed by atoms with Crippen molar-refractivity contribution >= 4 is 5.97 Å². The molecule has 96 valence electrons. The number of rotatable bonds is 7. The summed E-state index contributed by atoms with van der Waals surface area (Å²) >= 11 is 0. The molecule has 0 spiro atoms. The number of hydrogen-bond donors (Lipinski definition) is 1. The van der Waals surface area contributed by atoms with E-state index in [-0.39, 0.29) is 19.3 Å². The standard InChI is InChI=1S/C10H18F3NO2/c1-2-3-7-16-9(15)6-4-5-8(14)10(11,12)13/h8H,2-7,14H2,1H3/t8-/m0/s1. The molecule has 0 unspecified atom stereocenters. The minimum absolute atomic E-state index is 0.00645. The van der Waals surface area contributed by atoms with Gasteiger partial charge in [-0.3, -0.25) is 4.79 Å². The molecule has 0 aromatic carbocycles. The largest absolute Gasteiger partial charge is 0.466 e. The number of esters is 1. The molecule has 0 aromatic rings. The van der Waals surface area contributed by atoms with Crippen LogP contribution in [0.15, 0.2) is 0 Å². The summed E-state index contributed by atoms with van der Waals surface area (Å²) in [4.78, 5) is 11.0. The fourth-order valence-electron chi connectivity index (χ4n) is 1.03. The molecule has 1 atom stereocenters. The summed E-state index contributed by atoms with van der Waals surface area (Å²) < 4.78 is 40.7. The van der Waals surface area contributed by atoms with E-state index in [1.54, 1.807) is 0 Å². The Balaban J connectivity index is 3.54. The van der Waals surface area contributed by atoms with Crippen LogP contribution in [-0.2, 0) is 9.53 Å². The molecular weight excluding hydrogens is 223 g/mol. The lowest BCUT2D eigenvalue weighted by Gasteiger charge is -2.14. The second kappa shape index (κ2) is 7.49. The normalized spacial score (nSPS) is 13.6. The van der Waals surface area contributed by atoms with Crippen LogP contribution in [0.5, 0.6) is 0 Å². The summed E-state index contributed by atoms with van der Waals surface area (Å²) in [6.07, 6.45) is -2.85. The fraction of sp³-hybridized carbons (Fsp3) is 0.900. The second-order valence-electron chi connectivity index (χ2n) is 3.61. The van der Waals surface area contributed by atoms with Gasteiger partial charge in [-0.1, -0.05) is 13.3 Å². The van der Waals surface area contributed by atoms with Crippen molar-refractivity contribution in [1.82, 2.24) is 0 Å². The van der Waals surface area contributed by atoms with Gasteiger partial charge in [-0.2, -0.15) is 13.2 Å². The molecule has 0 saturated heterocycles. The van der Waals surface area contributed by atoms with Crippen molar-refractivity contribution in [2.24, 2.45) is 5.73 Å². The highest BCUT2D eigenvalue weighted by molar-refractivity contribution is 5.69. The van der Waals surface area contributed by atoms with E-state index in [0.717, 1.165) is 12.8 Å². The third-order valence-electron chi connectivity index (χ3n) is 2.08. The van der Waals surface area contributed by atoms with Gasteiger partial charge in [0.15, 0.2) is 0 Å². The predicted octanol–water partition coefficient (Wildman–Crippen LogP) is 2.39. The predicted molar refractivity (Wildman–Crippen MR) is 53.7 cm³/mol. The van der Waals surface area contributed by atoms with Gasteiger partial charge in [0.25, 0.3) is 0 Å². The Morgan fingerprint density at radius 1 is 1.38 bits per heavy atom. The molecule has 0 aliphatic heterocycles. The van der Waals surface area contributed by atoms with Crippen LogP contribution in [-0.4, -0.2) is 24.8 Å². The number of alkyl halides is 3. The van der Waals surface area contributed by atoms with Crippen LogP contribution in [0.3, 0.4) is 0 Å². The quantitative estimate of drug-likeness (QED) is 0.550. The van der Waals surface area contributed by atoms with Crippen molar-refractivity contribution in [3.8, 4) is 0 Å². The maximum Gasteiger partial charge on any atom is 0.403 e. The zero-order chi connectivity index (χ0) is 12.6. The van der Waals surface area contributed by atoms with E-state index in [1.165, 1.54) is 0 Å². The molecule has 0 aromatic heterocycles. The van der Waals surface area contributed by atoms with Gasteiger partial charge in [0.1, 0.15) is 6.04 Å². The van der Waals surface area contributed by atoms with Gasteiger partial charge in [0, 0.05) is 6.42 Å². The summed E-state index contributed by atoms with van der Waals surface area (Å²) in [6, 6.07) is -1.85. The second-order valence-corrected chi connectivity index (χ2v) is 3.61. The Labute approximate surface area is 93.1 Å². The molecule has 0 radical (unpaired) electrons. The molecule has 0 bridgehead atoms. The molecule has 0 saturated carbocycles. The van der Waals surface area contributed by atoms with Crippen molar-refractivity contribution in [1.29, 1.82) is 0 Å². The zero-order valence-electron chi connectivity index (χ0n) is 9.35. The van der Waals surface area contributed by atoms with Gasteiger partial charge in [0.2, 0.25) is 0 Å². The van der Waals surface area contributed by atoms with E-state index in [9.17, 15) is 18.0 Å². The van der Waals surface area contributed by atoms with Crippen molar-refractivity contribution in [2.45, 2.75) is 51.2 Å². The molecule has 6 heteroatoms. The minimum atomic E-state index is -4.38. The van der Waals surface area contributed by atoms with Crippen LogP contribution in [0.25, 0.3) is 0 Å². The van der Waals surface area contributed by atoms with Crippen LogP contribution >= 0.6 is 0 Å². The first-order chi connectivity index (χ1) is 7.38. The third-order valence-corrected chi connectivity index (χ3v) is 2.08. The van der Waals surface area contributed by atoms with Gasteiger partial charge >= 0.3 is 12.1 Å². The van der Waals surface area contributed by atoms with Crippen LogP contribution in [0, 0.1) is 0 Å². The van der Waals surface area contributed by atoms with Crippen LogP contribution in [0.1, 0.15) is 39.0 Å². The lowest BCUT2D eigenvalue weighted by molar-refractivity contribution is -0.151. The summed E-state index contributed by atoms with van der Waals surface area (Å²) in [5.41, 5.74) is 4.88. The topological polar surface area (TPSA) is 52.3 Å². The summed E-state index contributed by atoms with van der Waals surface area (Å²) in [7, 11) is 0. The maximum atomic E-state index is 12.0. The lowest BCUT2D eigenvalue weighted by Crippen LogP contribution is -2.37. The molecule has 3 nitrogen and oxygen atoms in total. The van der Waals surface area contributed by atoms with E-state index in [0.29, 0.717) is 6.61 Å². The molecule has 0 rings (SSSR count). The number of halogens is 3. The summed E-state index contributed by atoms with van der Waals surface area (Å²) in [5, 5.41) is 0. The van der Waals surface area contributed by atoms with Gasteiger partial charge in [-0.25, -0.2) is 0 Å². The number of ether oxygens (including phenoxy) is 1. The fourth-order valence-corrected chi connectivity index (χ4v) is 1.03. The third kappa shape index (κ3) is 7.50. The highest BCUT2D eigenvalue weighted by atomic mass is 19.4. The molecule has 16 heavy (non-hydrogen) atoms. The number of carbonyl (C=O) groups excluding carboxylic acids is 1. The molecule has 0 fully saturated rings. The minimum Gasteiger partial charge on any atom is -0.466 e. The molecular formula is C10H18F3NO2. The number of nitrogens with two attached hydrogens (primary N) is 1. The van der Waals surface area contributed by atoms with E-state index in [2.05, 4.69) is 0 Å². The smallest absolute Gasteiger partial charge is 0.403 e. The molecule has 0 aliphatic carbocycles. The van der Waals surface area contributed by atoms with Crippen molar-refractivity contribution in [2.75, 3.05) is 6.61 Å². The molecule has 0 amide bonds. The maximum absolute atomic E-state index is 12.0. The Bertz CT molecular complexity index is 207. The first kappa shape index (κ1) is 15.2. The van der Waals surface area contributed by atoms with Crippen molar-refractivity contribution in [3.63, 3.8) is 0 Å². The molecule has 2 N–H and O–H groups in total. The zero-order valence-corrected chi connectivity index (χ0v) is 9.35. The van der Waals surface area contributed by atoms with Crippen LogP contribution < -0.4 is 5.73 Å². The molecule has 0 aliphatic rings. The average Bonchev–Trinajstić information content (AvgIpc) is 2.16. The monoisotopic (exact) mass is 241 g/mol. The van der Waals surface area contributed by atoms with Gasteiger partial charge in [-0.05, 0) is 19.3 Å². The number of carbonyl (C=O) groups is 1. The van der Waals surface area contributed by atoms with E-state index >= 15 is 0 Å². The van der Waals surface area contributed by atoms with Gasteiger partial charge in [0.05, 0.1) is 6.61 Å². The highest BCUT2D eigenvalue weighted by Crippen LogP contribution is 2.21. The first-order valence-electron chi connectivity index (χ1n) is 5.35. The van der Waals surface area contributed by atoms with Crippen molar-refractivity contribution < 1.29 is 22.7 Å². The van der Waals surface area contributed by atoms with E-state index in [1.807, 2.05) is 6.92 Å². The number of unbranched alkanes of at least 4 members (excludes halogenated alkanes) is 1. The van der Waals surface area contributed by atoms with E-state index < -0.39 is 18.2 Å². The SMILES string of the molecule is CCCCOC(=O)CCC[C@H](N)C(F)(F)F. The summed E-state index contributed by atoms with van der Waals surface area (Å²) in [5.74, 6) is -0.456. The van der Waals surface area contributed by atoms with E-state index in [4.69, 9.17) is 10.5 Å². The van der Waals surface area contributed by atoms with Crippen molar-refractivity contribution in [3.05, 3.63) is 0 Å². The van der Waals surface area contributed by atoms with Gasteiger partial charge in [-0.15, -0.1) is 0 Å². The Morgan fingerprint density at radius 2 is 2.00 bits per heavy atom.